The van der Waals surface area contributed by atoms with Crippen molar-refractivity contribution in [1.29, 1.82) is 0 Å². The number of aliphatic hydroxyl groups excluding tert-OH is 1. The van der Waals surface area contributed by atoms with Gasteiger partial charge in [0, 0.05) is 30.2 Å². The van der Waals surface area contributed by atoms with E-state index in [0.29, 0.717) is 35.9 Å². The number of aliphatic hydroxyl groups is 1. The molecule has 27 heavy (non-hydrogen) atoms. The number of aliphatic imine (C=N–C) groups is 1. The van der Waals surface area contributed by atoms with Gasteiger partial charge < -0.3 is 25.2 Å². The van der Waals surface area contributed by atoms with Gasteiger partial charge in [0.1, 0.15) is 29.7 Å². The fourth-order valence-corrected chi connectivity index (χ4v) is 3.70. The fourth-order valence-electron chi connectivity index (χ4n) is 3.04. The third kappa shape index (κ3) is 4.84. The van der Waals surface area contributed by atoms with Crippen LogP contribution in [0.15, 0.2) is 28.7 Å². The molecule has 0 spiro atoms. The lowest BCUT2D eigenvalue weighted by molar-refractivity contribution is 0.122. The average Bonchev–Trinajstić information content (AvgIpc) is 3.15. The van der Waals surface area contributed by atoms with Gasteiger partial charge in [0.15, 0.2) is 5.75 Å². The lowest BCUT2D eigenvalue weighted by atomic mass is 9.98. The molecule has 3 N–H and O–H groups in total. The number of rotatable bonds is 10. The smallest absolute Gasteiger partial charge is 0.159 e. The molecule has 3 atom stereocenters. The van der Waals surface area contributed by atoms with Crippen molar-refractivity contribution in [2.45, 2.75) is 31.5 Å². The summed E-state index contributed by atoms with van der Waals surface area (Å²) >= 11 is 1.54. The molecular formula is C19H26N4O3S. The maximum absolute atomic E-state index is 9.51. The van der Waals surface area contributed by atoms with Crippen molar-refractivity contribution in [2.24, 2.45) is 4.99 Å². The van der Waals surface area contributed by atoms with Crippen LogP contribution in [0.4, 0.5) is 5.69 Å². The molecule has 2 heterocycles. The summed E-state index contributed by atoms with van der Waals surface area (Å²) in [7, 11) is 1.95. The van der Waals surface area contributed by atoms with Gasteiger partial charge in [0.2, 0.25) is 0 Å². The number of benzene rings is 1. The Morgan fingerprint density at radius 2 is 2.26 bits per heavy atom. The van der Waals surface area contributed by atoms with Crippen LogP contribution in [0, 0.1) is 0 Å². The molecule has 1 aromatic heterocycles. The maximum Gasteiger partial charge on any atom is 0.159 e. The van der Waals surface area contributed by atoms with Crippen LogP contribution in [0.25, 0.3) is 10.6 Å². The number of hydrogen-bond acceptors (Lipinski definition) is 8. The molecule has 0 amide bonds. The Labute approximate surface area is 163 Å². The van der Waals surface area contributed by atoms with Crippen molar-refractivity contribution < 1.29 is 14.6 Å². The van der Waals surface area contributed by atoms with Crippen molar-refractivity contribution in [3.63, 3.8) is 0 Å². The van der Waals surface area contributed by atoms with Gasteiger partial charge in [-0.15, -0.1) is 11.3 Å². The van der Waals surface area contributed by atoms with Crippen LogP contribution in [-0.4, -0.2) is 61.8 Å². The molecular weight excluding hydrogens is 364 g/mol. The summed E-state index contributed by atoms with van der Waals surface area (Å²) in [6, 6.07) is 4.52. The highest BCUT2D eigenvalue weighted by Gasteiger charge is 2.29. The minimum absolute atomic E-state index is 0.175. The van der Waals surface area contributed by atoms with Crippen LogP contribution in [0.5, 0.6) is 11.5 Å². The largest absolute Gasteiger partial charge is 0.489 e. The molecule has 1 aliphatic rings. The summed E-state index contributed by atoms with van der Waals surface area (Å²) in [5.74, 6) is 1.15. The Morgan fingerprint density at radius 3 is 2.89 bits per heavy atom. The standard InChI is InChI=1S/C19H26N4O3S/c1-12(24)10-25-16-5-4-15(19-22-6-7-27-19)18(17(16)21-3)26-11-14-8-13(23-14)9-20-2/h4-7,12-14,20,23-24H,3,8-11H2,1-2H3. The van der Waals surface area contributed by atoms with Crippen molar-refractivity contribution in [3.8, 4) is 22.1 Å². The summed E-state index contributed by atoms with van der Waals surface area (Å²) in [6.45, 7) is 7.01. The van der Waals surface area contributed by atoms with Crippen LogP contribution >= 0.6 is 11.3 Å². The molecule has 0 bridgehead atoms. The molecule has 1 saturated heterocycles. The molecule has 0 saturated carbocycles. The first-order valence-electron chi connectivity index (χ1n) is 9.00. The lowest BCUT2D eigenvalue weighted by Gasteiger charge is -2.37. The highest BCUT2D eigenvalue weighted by molar-refractivity contribution is 7.13. The van der Waals surface area contributed by atoms with E-state index in [2.05, 4.69) is 27.3 Å². The number of nitrogens with zero attached hydrogens (tertiary/aromatic N) is 2. The van der Waals surface area contributed by atoms with Gasteiger partial charge in [0.05, 0.1) is 11.7 Å². The maximum atomic E-state index is 9.51. The van der Waals surface area contributed by atoms with Crippen LogP contribution in [-0.2, 0) is 0 Å². The second-order valence-electron chi connectivity index (χ2n) is 6.61. The first-order valence-corrected chi connectivity index (χ1v) is 9.88. The van der Waals surface area contributed by atoms with E-state index in [1.165, 1.54) is 11.3 Å². The van der Waals surface area contributed by atoms with E-state index in [-0.39, 0.29) is 6.61 Å². The van der Waals surface area contributed by atoms with Crippen LogP contribution < -0.4 is 20.1 Å². The van der Waals surface area contributed by atoms with Gasteiger partial charge in [0.25, 0.3) is 0 Å². The number of ether oxygens (including phenoxy) is 2. The molecule has 0 radical (unpaired) electrons. The number of likely N-dealkylation sites (N-methyl/N-ethyl adjacent to an activating group) is 1. The van der Waals surface area contributed by atoms with E-state index < -0.39 is 6.10 Å². The molecule has 1 aromatic carbocycles. The Kier molecular flexibility index (Phi) is 6.78. The first-order chi connectivity index (χ1) is 13.1. The number of thiazole rings is 1. The van der Waals surface area contributed by atoms with Crippen LogP contribution in [0.2, 0.25) is 0 Å². The predicted octanol–water partition coefficient (Wildman–Crippen LogP) is 2.23. The van der Waals surface area contributed by atoms with Gasteiger partial charge in [-0.1, -0.05) is 0 Å². The van der Waals surface area contributed by atoms with E-state index in [1.807, 2.05) is 24.6 Å². The topological polar surface area (TPSA) is 88.0 Å². The Morgan fingerprint density at radius 1 is 1.44 bits per heavy atom. The SMILES string of the molecule is C=Nc1c(OCC(C)O)ccc(-c2nccs2)c1OCC1CC(CNC)N1. The zero-order chi connectivity index (χ0) is 19.2. The Balaban J connectivity index is 1.81. The summed E-state index contributed by atoms with van der Waals surface area (Å²) < 4.78 is 11.9. The molecule has 1 aliphatic heterocycles. The highest BCUT2D eigenvalue weighted by Crippen LogP contribution is 2.45. The normalized spacial score (nSPS) is 20.0. The second-order valence-corrected chi connectivity index (χ2v) is 7.50. The van der Waals surface area contributed by atoms with Gasteiger partial charge >= 0.3 is 0 Å². The molecule has 146 valence electrons. The monoisotopic (exact) mass is 390 g/mol. The number of hydrogen-bond donors (Lipinski definition) is 3. The third-order valence-electron chi connectivity index (χ3n) is 4.32. The van der Waals surface area contributed by atoms with Crippen molar-refractivity contribution in [1.82, 2.24) is 15.6 Å². The molecule has 1 fully saturated rings. The van der Waals surface area contributed by atoms with Gasteiger partial charge in [-0.05, 0) is 39.2 Å². The molecule has 7 nitrogen and oxygen atoms in total. The number of aromatic nitrogens is 1. The highest BCUT2D eigenvalue weighted by atomic mass is 32.1. The quantitative estimate of drug-likeness (QED) is 0.539. The molecule has 2 aromatic rings. The summed E-state index contributed by atoms with van der Waals surface area (Å²) in [5, 5.41) is 18.9. The average molecular weight is 391 g/mol. The van der Waals surface area contributed by atoms with Crippen molar-refractivity contribution in [3.05, 3.63) is 23.7 Å². The van der Waals surface area contributed by atoms with Crippen molar-refractivity contribution >= 4 is 23.7 Å². The van der Waals surface area contributed by atoms with Gasteiger partial charge in [-0.25, -0.2) is 4.98 Å². The molecule has 8 heteroatoms. The van der Waals surface area contributed by atoms with E-state index >= 15 is 0 Å². The van der Waals surface area contributed by atoms with E-state index in [9.17, 15) is 5.11 Å². The minimum atomic E-state index is -0.575. The molecule has 3 rings (SSSR count). The minimum Gasteiger partial charge on any atom is -0.489 e. The first kappa shape index (κ1) is 19.8. The molecule has 3 unspecified atom stereocenters. The zero-order valence-electron chi connectivity index (χ0n) is 15.6. The second kappa shape index (κ2) is 9.27. The van der Waals surface area contributed by atoms with E-state index in [4.69, 9.17) is 9.47 Å². The summed E-state index contributed by atoms with van der Waals surface area (Å²) in [6.07, 6.45) is 2.25. The summed E-state index contributed by atoms with van der Waals surface area (Å²) in [5.41, 5.74) is 1.40. The fraction of sp³-hybridized carbons (Fsp3) is 0.474. The lowest BCUT2D eigenvalue weighted by Crippen LogP contribution is -2.58. The predicted molar refractivity (Wildman–Crippen MR) is 109 cm³/mol. The number of nitrogens with one attached hydrogen (secondary N) is 2. The van der Waals surface area contributed by atoms with Gasteiger partial charge in [-0.3, -0.25) is 4.99 Å². The van der Waals surface area contributed by atoms with E-state index in [0.717, 1.165) is 23.5 Å². The van der Waals surface area contributed by atoms with Crippen molar-refractivity contribution in [2.75, 3.05) is 26.8 Å². The van der Waals surface area contributed by atoms with Crippen LogP contribution in [0.3, 0.4) is 0 Å². The molecule has 0 aliphatic carbocycles. The zero-order valence-corrected chi connectivity index (χ0v) is 16.5. The Hall–Kier alpha value is -2.00. The van der Waals surface area contributed by atoms with E-state index in [1.54, 1.807) is 13.1 Å². The van der Waals surface area contributed by atoms with Crippen LogP contribution in [0.1, 0.15) is 13.3 Å². The van der Waals surface area contributed by atoms with Gasteiger partial charge in [-0.2, -0.15) is 0 Å². The third-order valence-corrected chi connectivity index (χ3v) is 5.12. The summed E-state index contributed by atoms with van der Waals surface area (Å²) in [4.78, 5) is 8.55. The Bertz CT molecular complexity index is 746.